The Morgan fingerprint density at radius 1 is 1.38 bits per heavy atom. The van der Waals surface area contributed by atoms with Crippen LogP contribution in [-0.2, 0) is 6.42 Å². The number of nitrogens with zero attached hydrogens (tertiary/aromatic N) is 1. The summed E-state index contributed by atoms with van der Waals surface area (Å²) in [4.78, 5) is 7.52. The lowest BCUT2D eigenvalue weighted by molar-refractivity contribution is 0.836. The quantitative estimate of drug-likeness (QED) is 0.872. The van der Waals surface area contributed by atoms with Crippen LogP contribution in [-0.4, -0.2) is 10.8 Å². The second-order valence-electron chi connectivity index (χ2n) is 5.98. The van der Waals surface area contributed by atoms with Gasteiger partial charge in [-0.3, -0.25) is 0 Å². The molecule has 0 atom stereocenters. The molecular formula is C18H21N3. The number of nitrogens with one attached hydrogen (secondary N) is 1. The predicted molar refractivity (Wildman–Crippen MR) is 90.2 cm³/mol. The van der Waals surface area contributed by atoms with Crippen molar-refractivity contribution >= 4 is 22.8 Å². The van der Waals surface area contributed by atoms with Crippen molar-refractivity contribution in [2.24, 2.45) is 16.6 Å². The van der Waals surface area contributed by atoms with Gasteiger partial charge < -0.3 is 10.7 Å². The topological polar surface area (TPSA) is 54.2 Å². The Hall–Kier alpha value is -2.29. The summed E-state index contributed by atoms with van der Waals surface area (Å²) < 4.78 is 0. The maximum Gasteiger partial charge on any atom is 0.103 e. The number of hydrogen-bond acceptors (Lipinski definition) is 2. The molecule has 1 aliphatic rings. The Bertz CT molecular complexity index is 745. The summed E-state index contributed by atoms with van der Waals surface area (Å²) in [7, 11) is 0. The monoisotopic (exact) mass is 279 g/mol. The number of aromatic nitrogens is 1. The number of hydrogen-bond donors (Lipinski definition) is 2. The highest BCUT2D eigenvalue weighted by atomic mass is 14.9. The summed E-state index contributed by atoms with van der Waals surface area (Å²) >= 11 is 0. The van der Waals surface area contributed by atoms with E-state index >= 15 is 0 Å². The van der Waals surface area contributed by atoms with Crippen LogP contribution in [0.15, 0.2) is 47.2 Å². The van der Waals surface area contributed by atoms with Crippen LogP contribution in [0.25, 0.3) is 17.0 Å². The molecule has 0 amide bonds. The van der Waals surface area contributed by atoms with Crippen molar-refractivity contribution in [3.05, 3.63) is 53.4 Å². The molecule has 3 heteroatoms. The molecule has 3 rings (SSSR count). The molecule has 0 bridgehead atoms. The van der Waals surface area contributed by atoms with Gasteiger partial charge in [-0.05, 0) is 35.1 Å². The van der Waals surface area contributed by atoms with Crippen molar-refractivity contribution in [3.63, 3.8) is 0 Å². The highest BCUT2D eigenvalue weighted by molar-refractivity contribution is 5.87. The lowest BCUT2D eigenvalue weighted by atomic mass is 10.0. The molecule has 1 aliphatic heterocycles. The molecule has 0 radical (unpaired) electrons. The SMILES string of the molecule is CC(C)/C=C/c1ccc2c(CC3=CN=C(N)C3)c[nH]c2c1. The Morgan fingerprint density at radius 3 is 2.95 bits per heavy atom. The number of H-pyrrole nitrogens is 1. The van der Waals surface area contributed by atoms with Crippen LogP contribution in [0.1, 0.15) is 31.4 Å². The number of aromatic amines is 1. The number of aliphatic imine (C=N–C) groups is 1. The van der Waals surface area contributed by atoms with E-state index in [4.69, 9.17) is 5.73 Å². The summed E-state index contributed by atoms with van der Waals surface area (Å²) in [5, 5.41) is 1.28. The second-order valence-corrected chi connectivity index (χ2v) is 5.98. The molecule has 0 saturated carbocycles. The predicted octanol–water partition coefficient (Wildman–Crippen LogP) is 4.02. The van der Waals surface area contributed by atoms with Gasteiger partial charge in [0.25, 0.3) is 0 Å². The highest BCUT2D eigenvalue weighted by Gasteiger charge is 2.11. The summed E-state index contributed by atoms with van der Waals surface area (Å²) in [5.41, 5.74) is 10.7. The van der Waals surface area contributed by atoms with Gasteiger partial charge in [0, 0.05) is 29.7 Å². The van der Waals surface area contributed by atoms with E-state index in [2.05, 4.69) is 60.4 Å². The molecule has 0 fully saturated rings. The van der Waals surface area contributed by atoms with Gasteiger partial charge in [-0.25, -0.2) is 4.99 Å². The van der Waals surface area contributed by atoms with Crippen LogP contribution in [0.3, 0.4) is 0 Å². The standard InChI is InChI=1S/C18H21N3/c1-12(2)3-4-13-5-6-16-15(11-20-17(16)8-13)7-14-9-18(19)21-10-14/h3-6,8,10-12,20H,7,9H2,1-2H3,(H2,19,21)/b4-3+. The number of benzene rings is 1. The fraction of sp³-hybridized carbons (Fsp3) is 0.278. The third-order valence-corrected chi connectivity index (χ3v) is 3.70. The van der Waals surface area contributed by atoms with E-state index < -0.39 is 0 Å². The molecule has 0 spiro atoms. The normalized spacial score (nSPS) is 15.2. The number of allylic oxidation sites excluding steroid dienone is 1. The lowest BCUT2D eigenvalue weighted by Crippen LogP contribution is -2.08. The molecule has 0 aliphatic carbocycles. The summed E-state index contributed by atoms with van der Waals surface area (Å²) in [5.74, 6) is 1.28. The molecule has 2 aromatic rings. The maximum absolute atomic E-state index is 5.73. The number of fused-ring (bicyclic) bond motifs is 1. The van der Waals surface area contributed by atoms with E-state index in [1.165, 1.54) is 27.6 Å². The zero-order valence-electron chi connectivity index (χ0n) is 12.6. The van der Waals surface area contributed by atoms with Crippen LogP contribution in [0.4, 0.5) is 0 Å². The van der Waals surface area contributed by atoms with Crippen molar-refractivity contribution in [1.29, 1.82) is 0 Å². The van der Waals surface area contributed by atoms with Gasteiger partial charge in [0.05, 0.1) is 0 Å². The van der Waals surface area contributed by atoms with E-state index in [-0.39, 0.29) is 0 Å². The largest absolute Gasteiger partial charge is 0.387 e. The minimum Gasteiger partial charge on any atom is -0.387 e. The van der Waals surface area contributed by atoms with Crippen molar-refractivity contribution in [3.8, 4) is 0 Å². The third kappa shape index (κ3) is 3.07. The average molecular weight is 279 g/mol. The first-order valence-corrected chi connectivity index (χ1v) is 7.40. The first kappa shape index (κ1) is 13.7. The van der Waals surface area contributed by atoms with E-state index in [9.17, 15) is 0 Å². The second kappa shape index (κ2) is 5.60. The summed E-state index contributed by atoms with van der Waals surface area (Å²) in [6.07, 6.45) is 10.1. The lowest BCUT2D eigenvalue weighted by Gasteiger charge is -2.01. The maximum atomic E-state index is 5.73. The van der Waals surface area contributed by atoms with Crippen LogP contribution >= 0.6 is 0 Å². The molecule has 1 aromatic heterocycles. The van der Waals surface area contributed by atoms with Gasteiger partial charge in [-0.2, -0.15) is 0 Å². The Morgan fingerprint density at radius 2 is 2.24 bits per heavy atom. The van der Waals surface area contributed by atoms with Crippen molar-refractivity contribution in [2.45, 2.75) is 26.7 Å². The minimum absolute atomic E-state index is 0.569. The number of amidine groups is 1. The first-order chi connectivity index (χ1) is 10.1. The minimum atomic E-state index is 0.569. The third-order valence-electron chi connectivity index (χ3n) is 3.70. The first-order valence-electron chi connectivity index (χ1n) is 7.40. The van der Waals surface area contributed by atoms with Crippen molar-refractivity contribution < 1.29 is 0 Å². The van der Waals surface area contributed by atoms with E-state index in [1.54, 1.807) is 0 Å². The zero-order chi connectivity index (χ0) is 14.8. The fourth-order valence-corrected chi connectivity index (χ4v) is 2.61. The molecule has 1 aromatic carbocycles. The van der Waals surface area contributed by atoms with E-state index in [1.807, 2.05) is 6.20 Å². The Kier molecular flexibility index (Phi) is 3.65. The van der Waals surface area contributed by atoms with E-state index in [0.717, 1.165) is 12.8 Å². The van der Waals surface area contributed by atoms with Gasteiger partial charge in [-0.1, -0.05) is 38.1 Å². The van der Waals surface area contributed by atoms with Crippen LogP contribution in [0, 0.1) is 5.92 Å². The van der Waals surface area contributed by atoms with Gasteiger partial charge >= 0.3 is 0 Å². The number of nitrogens with two attached hydrogens (primary N) is 1. The van der Waals surface area contributed by atoms with Crippen molar-refractivity contribution in [2.75, 3.05) is 0 Å². The summed E-state index contributed by atoms with van der Waals surface area (Å²) in [6, 6.07) is 6.57. The molecule has 3 nitrogen and oxygen atoms in total. The Balaban J connectivity index is 1.83. The van der Waals surface area contributed by atoms with Crippen LogP contribution in [0.2, 0.25) is 0 Å². The van der Waals surface area contributed by atoms with Gasteiger partial charge in [0.2, 0.25) is 0 Å². The average Bonchev–Trinajstić information content (AvgIpc) is 3.04. The molecule has 21 heavy (non-hydrogen) atoms. The van der Waals surface area contributed by atoms with Gasteiger partial charge in [0.15, 0.2) is 0 Å². The number of rotatable bonds is 4. The highest BCUT2D eigenvalue weighted by Crippen LogP contribution is 2.24. The molecular weight excluding hydrogens is 258 g/mol. The van der Waals surface area contributed by atoms with Gasteiger partial charge in [0.1, 0.15) is 5.84 Å². The van der Waals surface area contributed by atoms with Gasteiger partial charge in [-0.15, -0.1) is 0 Å². The van der Waals surface area contributed by atoms with E-state index in [0.29, 0.717) is 11.8 Å². The smallest absolute Gasteiger partial charge is 0.103 e. The molecule has 3 N–H and O–H groups in total. The molecule has 108 valence electrons. The fourth-order valence-electron chi connectivity index (χ4n) is 2.61. The molecule has 0 unspecified atom stereocenters. The zero-order valence-corrected chi connectivity index (χ0v) is 12.6. The van der Waals surface area contributed by atoms with Crippen LogP contribution in [0.5, 0.6) is 0 Å². The molecule has 2 heterocycles. The Labute approximate surface area is 125 Å². The van der Waals surface area contributed by atoms with Crippen LogP contribution < -0.4 is 5.73 Å². The summed E-state index contributed by atoms with van der Waals surface area (Å²) in [6.45, 7) is 4.37. The molecule has 0 saturated heterocycles. The van der Waals surface area contributed by atoms with Crippen molar-refractivity contribution in [1.82, 2.24) is 4.98 Å².